The van der Waals surface area contributed by atoms with Gasteiger partial charge in [0.1, 0.15) is 0 Å². The molecule has 0 amide bonds. The van der Waals surface area contributed by atoms with E-state index in [-0.39, 0.29) is 10.0 Å². The Morgan fingerprint density at radius 3 is 2.44 bits per heavy atom. The Morgan fingerprint density at radius 1 is 1.33 bits per heavy atom. The molecule has 0 aliphatic carbocycles. The molecule has 1 N–H and O–H groups in total. The molecule has 1 saturated heterocycles. The quantitative estimate of drug-likeness (QED) is 0.846. The highest BCUT2D eigenvalue weighted by Gasteiger charge is 2.24. The minimum atomic E-state index is -0.556. The zero-order chi connectivity index (χ0) is 13.3. The van der Waals surface area contributed by atoms with Crippen LogP contribution in [0.25, 0.3) is 0 Å². The molecule has 1 atom stereocenters. The highest BCUT2D eigenvalue weighted by Crippen LogP contribution is 2.28. The first-order valence-electron chi connectivity index (χ1n) is 6.12. The summed E-state index contributed by atoms with van der Waals surface area (Å²) >= 11 is 11.5. The minimum Gasteiger partial charge on any atom is -0.381 e. The van der Waals surface area contributed by atoms with Crippen molar-refractivity contribution in [2.24, 2.45) is 0 Å². The van der Waals surface area contributed by atoms with Crippen molar-refractivity contribution in [3.05, 3.63) is 28.0 Å². The third-order valence-corrected chi connectivity index (χ3v) is 3.85. The normalized spacial score (nSPS) is 20.7. The molecule has 1 fully saturated rings. The molecule has 0 radical (unpaired) electrons. The molecule has 2 nitrogen and oxygen atoms in total. The van der Waals surface area contributed by atoms with E-state index in [0.717, 1.165) is 25.2 Å². The molecule has 1 aliphatic heterocycles. The van der Waals surface area contributed by atoms with E-state index < -0.39 is 5.82 Å². The van der Waals surface area contributed by atoms with E-state index in [4.69, 9.17) is 23.2 Å². The number of likely N-dealkylation sites (tertiary alicyclic amines) is 1. The Hall–Kier alpha value is -0.510. The maximum atomic E-state index is 13.3. The summed E-state index contributed by atoms with van der Waals surface area (Å²) in [5.41, 5.74) is 0.780. The van der Waals surface area contributed by atoms with Crippen molar-refractivity contribution in [2.45, 2.75) is 32.4 Å². The molecule has 2 rings (SSSR count). The zero-order valence-electron chi connectivity index (χ0n) is 10.5. The van der Waals surface area contributed by atoms with E-state index in [9.17, 15) is 4.39 Å². The zero-order valence-corrected chi connectivity index (χ0v) is 12.0. The van der Waals surface area contributed by atoms with E-state index in [2.05, 4.69) is 24.1 Å². The number of rotatable bonds is 3. The standard InChI is InChI=1S/C13H17Cl2FN2/c1-8(2)18-4-3-9(7-18)17-10-5-11(14)13(16)12(15)6-10/h5-6,8-9,17H,3-4,7H2,1-2H3. The van der Waals surface area contributed by atoms with Gasteiger partial charge >= 0.3 is 0 Å². The van der Waals surface area contributed by atoms with Gasteiger partial charge in [0.15, 0.2) is 5.82 Å². The van der Waals surface area contributed by atoms with Gasteiger partial charge in [-0.15, -0.1) is 0 Å². The van der Waals surface area contributed by atoms with Crippen molar-refractivity contribution in [3.8, 4) is 0 Å². The maximum Gasteiger partial charge on any atom is 0.160 e. The van der Waals surface area contributed by atoms with E-state index in [1.165, 1.54) is 0 Å². The Labute approximate surface area is 117 Å². The largest absolute Gasteiger partial charge is 0.381 e. The summed E-state index contributed by atoms with van der Waals surface area (Å²) < 4.78 is 13.3. The van der Waals surface area contributed by atoms with E-state index >= 15 is 0 Å². The SMILES string of the molecule is CC(C)N1CCC(Nc2cc(Cl)c(F)c(Cl)c2)C1. The van der Waals surface area contributed by atoms with Crippen LogP contribution < -0.4 is 5.32 Å². The Balaban J connectivity index is 2.03. The van der Waals surface area contributed by atoms with Crippen molar-refractivity contribution in [3.63, 3.8) is 0 Å². The molecule has 1 aromatic carbocycles. The van der Waals surface area contributed by atoms with Crippen molar-refractivity contribution in [1.82, 2.24) is 4.90 Å². The Kier molecular flexibility index (Phi) is 4.36. The van der Waals surface area contributed by atoms with Crippen LogP contribution in [0.5, 0.6) is 0 Å². The first-order valence-corrected chi connectivity index (χ1v) is 6.88. The average Bonchev–Trinajstić information content (AvgIpc) is 2.74. The fourth-order valence-corrected chi connectivity index (χ4v) is 2.74. The van der Waals surface area contributed by atoms with Crippen molar-refractivity contribution >= 4 is 28.9 Å². The lowest BCUT2D eigenvalue weighted by atomic mass is 10.2. The van der Waals surface area contributed by atoms with Crippen LogP contribution >= 0.6 is 23.2 Å². The van der Waals surface area contributed by atoms with Crippen molar-refractivity contribution < 1.29 is 4.39 Å². The topological polar surface area (TPSA) is 15.3 Å². The molecule has 0 spiro atoms. The molecule has 1 heterocycles. The van der Waals surface area contributed by atoms with Crippen molar-refractivity contribution in [2.75, 3.05) is 18.4 Å². The van der Waals surface area contributed by atoms with Crippen LogP contribution in [-0.2, 0) is 0 Å². The summed E-state index contributed by atoms with van der Waals surface area (Å²) in [6.07, 6.45) is 1.07. The third kappa shape index (κ3) is 3.08. The Bertz CT molecular complexity index is 414. The number of halogens is 3. The molecular formula is C13H17Cl2FN2. The lowest BCUT2D eigenvalue weighted by molar-refractivity contribution is 0.274. The van der Waals surface area contributed by atoms with Gasteiger partial charge in [0.2, 0.25) is 0 Å². The summed E-state index contributed by atoms with van der Waals surface area (Å²) in [6, 6.07) is 4.09. The van der Waals surface area contributed by atoms with Crippen LogP contribution in [0.3, 0.4) is 0 Å². The second-order valence-electron chi connectivity index (χ2n) is 4.97. The summed E-state index contributed by atoms with van der Waals surface area (Å²) in [5, 5.41) is 3.48. The fraction of sp³-hybridized carbons (Fsp3) is 0.538. The lowest BCUT2D eigenvalue weighted by Crippen LogP contribution is -2.31. The smallest absolute Gasteiger partial charge is 0.160 e. The van der Waals surface area contributed by atoms with Gasteiger partial charge in [-0.3, -0.25) is 4.90 Å². The molecule has 1 aromatic rings. The highest BCUT2D eigenvalue weighted by molar-refractivity contribution is 6.35. The minimum absolute atomic E-state index is 0.0590. The van der Waals surface area contributed by atoms with Gasteiger partial charge in [0.05, 0.1) is 10.0 Å². The van der Waals surface area contributed by atoms with Crippen LogP contribution in [0.4, 0.5) is 10.1 Å². The third-order valence-electron chi connectivity index (χ3n) is 3.30. The molecule has 1 aliphatic rings. The predicted octanol–water partition coefficient (Wildman–Crippen LogP) is 4.03. The summed E-state index contributed by atoms with van der Waals surface area (Å²) in [6.45, 7) is 6.45. The molecular weight excluding hydrogens is 274 g/mol. The predicted molar refractivity (Wildman–Crippen MR) is 75.2 cm³/mol. The van der Waals surface area contributed by atoms with Gasteiger partial charge in [0, 0.05) is 30.9 Å². The van der Waals surface area contributed by atoms with Gasteiger partial charge in [-0.1, -0.05) is 23.2 Å². The summed E-state index contributed by atoms with van der Waals surface area (Å²) in [4.78, 5) is 2.41. The molecule has 5 heteroatoms. The van der Waals surface area contributed by atoms with Crippen molar-refractivity contribution in [1.29, 1.82) is 0 Å². The number of nitrogens with zero attached hydrogens (tertiary/aromatic N) is 1. The molecule has 0 saturated carbocycles. The lowest BCUT2D eigenvalue weighted by Gasteiger charge is -2.21. The molecule has 0 bridgehead atoms. The van der Waals surface area contributed by atoms with E-state index in [1.54, 1.807) is 12.1 Å². The van der Waals surface area contributed by atoms with Gasteiger partial charge in [0.25, 0.3) is 0 Å². The van der Waals surface area contributed by atoms with E-state index in [1.807, 2.05) is 0 Å². The summed E-state index contributed by atoms with van der Waals surface area (Å²) in [5.74, 6) is -0.556. The number of hydrogen-bond acceptors (Lipinski definition) is 2. The second-order valence-corrected chi connectivity index (χ2v) is 5.79. The van der Waals surface area contributed by atoms with E-state index in [0.29, 0.717) is 12.1 Å². The monoisotopic (exact) mass is 290 g/mol. The first kappa shape index (κ1) is 13.9. The average molecular weight is 291 g/mol. The molecule has 100 valence electrons. The van der Waals surface area contributed by atoms with Crippen LogP contribution in [0.15, 0.2) is 12.1 Å². The molecule has 1 unspecified atom stereocenters. The molecule has 18 heavy (non-hydrogen) atoms. The van der Waals surface area contributed by atoms with Gasteiger partial charge < -0.3 is 5.32 Å². The van der Waals surface area contributed by atoms with Crippen LogP contribution in [0.1, 0.15) is 20.3 Å². The number of benzene rings is 1. The van der Waals surface area contributed by atoms with Crippen LogP contribution in [0, 0.1) is 5.82 Å². The van der Waals surface area contributed by atoms with Gasteiger partial charge in [-0.2, -0.15) is 0 Å². The number of anilines is 1. The van der Waals surface area contributed by atoms with Crippen LogP contribution in [0.2, 0.25) is 10.0 Å². The number of hydrogen-bond donors (Lipinski definition) is 1. The van der Waals surface area contributed by atoms with Gasteiger partial charge in [-0.25, -0.2) is 4.39 Å². The number of nitrogens with one attached hydrogen (secondary N) is 1. The highest BCUT2D eigenvalue weighted by atomic mass is 35.5. The van der Waals surface area contributed by atoms with Crippen LogP contribution in [-0.4, -0.2) is 30.1 Å². The maximum absolute atomic E-state index is 13.3. The first-order chi connectivity index (χ1) is 8.47. The fourth-order valence-electron chi connectivity index (χ4n) is 2.25. The Morgan fingerprint density at radius 2 is 1.94 bits per heavy atom. The van der Waals surface area contributed by atoms with Gasteiger partial charge in [-0.05, 0) is 32.4 Å². The summed E-state index contributed by atoms with van der Waals surface area (Å²) in [7, 11) is 0. The second kappa shape index (κ2) is 5.64. The molecule has 0 aromatic heterocycles.